The van der Waals surface area contributed by atoms with Crippen molar-refractivity contribution in [2.45, 2.75) is 65.6 Å². The van der Waals surface area contributed by atoms with Gasteiger partial charge in [0.05, 0.1) is 39.6 Å². The van der Waals surface area contributed by atoms with Gasteiger partial charge in [0.2, 0.25) is 0 Å². The number of benzene rings is 7. The molecule has 2 heterocycles. The zero-order valence-corrected chi connectivity index (χ0v) is 50.8. The molecule has 6 aromatic rings. The summed E-state index contributed by atoms with van der Waals surface area (Å²) >= 11 is 0. The Bertz CT molecular complexity index is 3990. The van der Waals surface area contributed by atoms with E-state index in [-0.39, 0.29) is 90.4 Å². The van der Waals surface area contributed by atoms with E-state index in [2.05, 4.69) is 16.8 Å². The highest BCUT2D eigenvalue weighted by molar-refractivity contribution is 6.62. The van der Waals surface area contributed by atoms with Crippen LogP contribution in [-0.2, 0) is 48.1 Å². The van der Waals surface area contributed by atoms with Gasteiger partial charge >= 0.3 is 25.3 Å². The van der Waals surface area contributed by atoms with E-state index in [4.69, 9.17) is 37.4 Å². The van der Waals surface area contributed by atoms with Gasteiger partial charge in [0.1, 0.15) is 55.9 Å². The number of hydrogen-bond donors (Lipinski definition) is 1. The van der Waals surface area contributed by atoms with Crippen molar-refractivity contribution < 1.29 is 66.6 Å². The lowest BCUT2D eigenvalue weighted by Crippen LogP contribution is -2.41. The summed E-state index contributed by atoms with van der Waals surface area (Å²) in [6.45, 7) is 13.3. The van der Waals surface area contributed by atoms with Gasteiger partial charge in [0.25, 0.3) is 11.6 Å². The molecule has 0 atom stereocenters. The summed E-state index contributed by atoms with van der Waals surface area (Å²) < 4.78 is 47.6. The summed E-state index contributed by atoms with van der Waals surface area (Å²) in [5.74, 6) is -0.739. The van der Waals surface area contributed by atoms with Crippen LogP contribution in [0.2, 0.25) is 0 Å². The van der Waals surface area contributed by atoms with Gasteiger partial charge in [0.15, 0.2) is 5.43 Å². The number of fused-ring (bicyclic) bond motifs is 2. The molecule has 1 aliphatic carbocycles. The van der Waals surface area contributed by atoms with Crippen LogP contribution in [0, 0.1) is 10.1 Å². The summed E-state index contributed by atoms with van der Waals surface area (Å²) in [4.78, 5) is 82.9. The molecule has 9 rings (SSSR count). The molecule has 1 saturated heterocycles. The minimum atomic E-state index is -1.02. The number of non-ortho nitro benzene ring substituents is 1. The quantitative estimate of drug-likeness (QED) is 0.00861. The van der Waals surface area contributed by atoms with Crippen LogP contribution in [0.4, 0.5) is 32.3 Å². The van der Waals surface area contributed by atoms with E-state index in [1.807, 2.05) is 75.9 Å². The Morgan fingerprint density at radius 3 is 2.02 bits per heavy atom. The maximum Gasteiger partial charge on any atom is 0.508 e. The van der Waals surface area contributed by atoms with Gasteiger partial charge in [-0.2, -0.15) is 10.2 Å². The molecule has 23 heteroatoms. The largest absolute Gasteiger partial charge is 0.508 e. The molecule has 3 aliphatic rings. The highest BCUT2D eigenvalue weighted by atomic mass is 16.7. The van der Waals surface area contributed by atoms with E-state index < -0.39 is 54.7 Å². The number of nitrogens with zero attached hydrogens (tertiary/aromatic N) is 6. The second-order valence-electron chi connectivity index (χ2n) is 22.1. The first-order valence-corrected chi connectivity index (χ1v) is 28.9. The molecule has 0 unspecified atom stereocenters. The fraction of sp³-hybridized carbons (Fsp3) is 0.269. The Labute approximate surface area is 519 Å². The molecule has 0 spiro atoms. The van der Waals surface area contributed by atoms with E-state index in [1.165, 1.54) is 83.6 Å². The summed E-state index contributed by atoms with van der Waals surface area (Å²) in [5.41, 5.74) is 4.75. The molecule has 1 N–H and O–H groups in total. The molecule has 2 amide bonds. The number of nitro groups is 1. The van der Waals surface area contributed by atoms with Crippen molar-refractivity contribution in [3.8, 4) is 33.9 Å². The number of likely N-dealkylation sites (N-methyl/N-ethyl adjacent to an activating group) is 3. The lowest BCUT2D eigenvalue weighted by molar-refractivity contribution is -0.384. The summed E-state index contributed by atoms with van der Waals surface area (Å²) in [6.07, 6.45) is -0.391. The number of amides is 2. The first kappa shape index (κ1) is 64.1. The maximum absolute atomic E-state index is 14.4. The smallest absolute Gasteiger partial charge is 0.508 e. The Hall–Kier alpha value is -10.4. The fourth-order valence-corrected chi connectivity index (χ4v) is 9.75. The van der Waals surface area contributed by atoms with Gasteiger partial charge in [0, 0.05) is 96.9 Å². The van der Waals surface area contributed by atoms with Crippen LogP contribution in [-0.4, -0.2) is 116 Å². The minimum absolute atomic E-state index is 0.0220. The number of carbonyl (C=O) groups excluding carboxylic acids is 4. The molecule has 464 valence electrons. The Kier molecular flexibility index (Phi) is 20.1. The summed E-state index contributed by atoms with van der Waals surface area (Å²) in [5, 5.41) is 30.3. The molecule has 22 nitrogen and oxygen atoms in total. The molecule has 0 aromatic heterocycles. The molecule has 0 bridgehead atoms. The van der Waals surface area contributed by atoms with Gasteiger partial charge in [-0.3, -0.25) is 19.7 Å². The van der Waals surface area contributed by atoms with Crippen LogP contribution in [0.15, 0.2) is 178 Å². The van der Waals surface area contributed by atoms with Gasteiger partial charge in [-0.1, -0.05) is 55.1 Å². The van der Waals surface area contributed by atoms with E-state index in [1.54, 1.807) is 55.6 Å². The molecule has 90 heavy (non-hydrogen) atoms. The van der Waals surface area contributed by atoms with E-state index >= 15 is 0 Å². The second-order valence-corrected chi connectivity index (χ2v) is 22.1. The number of phenols is 1. The number of anilines is 1. The van der Waals surface area contributed by atoms with Crippen molar-refractivity contribution in [2.75, 3.05) is 58.4 Å². The fourth-order valence-electron chi connectivity index (χ4n) is 9.75. The van der Waals surface area contributed by atoms with Crippen LogP contribution < -0.4 is 20.5 Å². The second kappa shape index (κ2) is 28.2. The van der Waals surface area contributed by atoms with Crippen LogP contribution in [0.5, 0.6) is 11.5 Å². The number of phenolic OH excluding ortho intramolecular Hbond substituents is 1. The lowest BCUT2D eigenvalue weighted by Gasteiger charge is -2.32. The Morgan fingerprint density at radius 2 is 1.37 bits per heavy atom. The third kappa shape index (κ3) is 15.3. The lowest BCUT2D eigenvalue weighted by atomic mass is 9.79. The topological polar surface area (TPSA) is 261 Å². The molecule has 0 radical (unpaired) electrons. The highest BCUT2D eigenvalue weighted by Crippen LogP contribution is 2.42. The van der Waals surface area contributed by atoms with E-state index in [0.717, 1.165) is 16.7 Å². The Balaban J connectivity index is 0.895. The van der Waals surface area contributed by atoms with E-state index in [0.29, 0.717) is 51.1 Å². The van der Waals surface area contributed by atoms with Gasteiger partial charge < -0.3 is 57.2 Å². The molecular formula is C67H67BN6O16. The summed E-state index contributed by atoms with van der Waals surface area (Å²) in [6, 6.07) is 39.3. The monoisotopic (exact) mass is 1220 g/mol. The molecule has 6 aromatic carbocycles. The number of ether oxygens (including phenoxy) is 5. The molecule has 2 aliphatic heterocycles. The van der Waals surface area contributed by atoms with Crippen LogP contribution in [0.1, 0.15) is 72.0 Å². The molecule has 1 fully saturated rings. The maximum atomic E-state index is 14.4. The predicted octanol–water partition coefficient (Wildman–Crippen LogP) is 12.3. The number of hydrogen-bond acceptors (Lipinski definition) is 19. The molecule has 0 saturated carbocycles. The van der Waals surface area contributed by atoms with Crippen LogP contribution in [0.3, 0.4) is 0 Å². The number of rotatable bonds is 24. The third-order valence-electron chi connectivity index (χ3n) is 15.4. The number of carbonyl (C=O) groups is 4. The normalized spacial score (nSPS) is 13.2. The van der Waals surface area contributed by atoms with Gasteiger partial charge in [-0.25, -0.2) is 14.4 Å². The van der Waals surface area contributed by atoms with Crippen LogP contribution in [0.25, 0.3) is 33.4 Å². The Morgan fingerprint density at radius 1 is 0.722 bits per heavy atom. The first-order chi connectivity index (χ1) is 43.1. The average molecular weight is 1220 g/mol. The van der Waals surface area contributed by atoms with Crippen LogP contribution >= 0.6 is 0 Å². The van der Waals surface area contributed by atoms with Gasteiger partial charge in [-0.15, -0.1) is 0 Å². The molecular weight excluding hydrogens is 1160 g/mol. The van der Waals surface area contributed by atoms with E-state index in [9.17, 15) is 39.2 Å². The number of aromatic hydroxyl groups is 1. The number of esters is 1. The predicted molar refractivity (Wildman–Crippen MR) is 337 cm³/mol. The zero-order valence-electron chi connectivity index (χ0n) is 50.8. The van der Waals surface area contributed by atoms with Crippen molar-refractivity contribution in [1.82, 2.24) is 9.80 Å². The average Bonchev–Trinajstić information content (AvgIpc) is 0.778. The third-order valence-corrected chi connectivity index (χ3v) is 15.4. The standard InChI is InChI=1S/C67H67BN6O16/c1-9-34-83-63(78)44-36-45(41-86-64(79)72(8)32-31-71(7)62(77)55-14-12-11-13-54(55)60-56-29-27-52(75)38-58(56)88-59-39-53(76)28-30-57(59)60)61(85-40-43-15-17-47(18-16-43)68-89-66(3,4)67(5,6)90-68)46(37-44)42-87-65(80)84-35-33-73(10-2)50-23-19-48(20-24-50)69-70-49-21-25-51(26-22-49)74(81)82/h9,11-30,36-39,75H,1,10,31-35,40-42H2,2-8H3. The number of nitro benzene ring substituents is 1. The first-order valence-electron chi connectivity index (χ1n) is 28.9. The minimum Gasteiger partial charge on any atom is -0.508 e. The van der Waals surface area contributed by atoms with Crippen molar-refractivity contribution in [1.29, 1.82) is 0 Å². The number of azo groups is 1. The zero-order chi connectivity index (χ0) is 64.3. The summed E-state index contributed by atoms with van der Waals surface area (Å²) in [7, 11) is 2.51. The van der Waals surface area contributed by atoms with Crippen molar-refractivity contribution in [3.05, 3.63) is 206 Å². The van der Waals surface area contributed by atoms with Crippen molar-refractivity contribution >= 4 is 70.4 Å². The SMILES string of the molecule is C=CCOC(=O)c1cc(COC(=O)OCCN(CC)c2ccc(N=Nc3ccc([N+](=O)[O-])cc3)cc2)c(OCc2ccc(B3OC(C)(C)C(C)(C)O3)cc2)c(COC(=O)N(C)CCN(C)C(=O)c2ccccc2-c2c3ccc(=O)cc-3oc3cc(O)ccc23)c1. The van der Waals surface area contributed by atoms with Gasteiger partial charge in [-0.05, 0) is 130 Å². The highest BCUT2D eigenvalue weighted by Gasteiger charge is 2.51. The van der Waals surface area contributed by atoms with Crippen molar-refractivity contribution in [3.63, 3.8) is 0 Å². The van der Waals surface area contributed by atoms with Crippen molar-refractivity contribution in [2.24, 2.45) is 10.2 Å².